The van der Waals surface area contributed by atoms with Crippen molar-refractivity contribution in [1.82, 2.24) is 5.32 Å². The van der Waals surface area contributed by atoms with Crippen molar-refractivity contribution in [3.63, 3.8) is 0 Å². The molecule has 2 aromatic carbocycles. The van der Waals surface area contributed by atoms with Gasteiger partial charge in [-0.25, -0.2) is 9.18 Å². The molecule has 0 bridgehead atoms. The van der Waals surface area contributed by atoms with Crippen molar-refractivity contribution in [2.45, 2.75) is 32.9 Å². The minimum Gasteiger partial charge on any atom is -0.497 e. The molecule has 2 rings (SSSR count). The Labute approximate surface area is 161 Å². The molecular weight excluding hydrogens is 369 g/mol. The van der Waals surface area contributed by atoms with Crippen LogP contribution in [-0.2, 0) is 11.3 Å². The summed E-state index contributed by atoms with van der Waals surface area (Å²) in [6.45, 7) is 5.06. The van der Waals surface area contributed by atoms with Crippen LogP contribution in [0, 0.1) is 15.9 Å². The summed E-state index contributed by atoms with van der Waals surface area (Å²) in [7, 11) is 1.45. The number of anilines is 2. The van der Waals surface area contributed by atoms with Crippen LogP contribution in [0.3, 0.4) is 0 Å². The van der Waals surface area contributed by atoms with Crippen molar-refractivity contribution in [2.24, 2.45) is 0 Å². The Kier molecular flexibility index (Phi) is 6.40. The molecule has 0 spiro atoms. The Balaban J connectivity index is 2.19. The molecule has 0 unspecified atom stereocenters. The maximum absolute atomic E-state index is 14.1. The number of benzene rings is 2. The van der Waals surface area contributed by atoms with Crippen LogP contribution in [0.2, 0.25) is 0 Å². The molecule has 9 heteroatoms. The van der Waals surface area contributed by atoms with Crippen molar-refractivity contribution in [2.75, 3.05) is 12.4 Å². The predicted molar refractivity (Wildman–Crippen MR) is 102 cm³/mol. The fourth-order valence-corrected chi connectivity index (χ4v) is 2.33. The van der Waals surface area contributed by atoms with Crippen LogP contribution < -0.4 is 15.4 Å². The molecule has 0 saturated heterocycles. The number of methoxy groups -OCH3 is 1. The third-order valence-electron chi connectivity index (χ3n) is 3.55. The minimum absolute atomic E-state index is 0.101. The van der Waals surface area contributed by atoms with Gasteiger partial charge in [-0.05, 0) is 45.0 Å². The molecule has 0 heterocycles. The van der Waals surface area contributed by atoms with Gasteiger partial charge in [-0.15, -0.1) is 0 Å². The molecule has 28 heavy (non-hydrogen) atoms. The molecule has 0 aliphatic heterocycles. The molecule has 0 aromatic heterocycles. The van der Waals surface area contributed by atoms with E-state index in [4.69, 9.17) is 9.47 Å². The first-order chi connectivity index (χ1) is 13.1. The van der Waals surface area contributed by atoms with E-state index < -0.39 is 22.4 Å². The number of carbonyl (C=O) groups is 1. The lowest BCUT2D eigenvalue weighted by Gasteiger charge is -2.19. The average molecular weight is 391 g/mol. The van der Waals surface area contributed by atoms with E-state index in [2.05, 4.69) is 10.6 Å². The summed E-state index contributed by atoms with van der Waals surface area (Å²) in [5.41, 5.74) is -0.0159. The number of carbonyl (C=O) groups excluding carboxylic acids is 1. The molecule has 0 radical (unpaired) electrons. The quantitative estimate of drug-likeness (QED) is 0.555. The molecule has 0 fully saturated rings. The van der Waals surface area contributed by atoms with E-state index in [1.807, 2.05) is 0 Å². The summed E-state index contributed by atoms with van der Waals surface area (Å²) in [6, 6.07) is 8.37. The highest BCUT2D eigenvalue weighted by atomic mass is 19.1. The summed E-state index contributed by atoms with van der Waals surface area (Å²) in [4.78, 5) is 22.4. The number of alkyl carbamates (subject to hydrolysis) is 1. The van der Waals surface area contributed by atoms with Crippen molar-refractivity contribution in [3.8, 4) is 5.75 Å². The third-order valence-corrected chi connectivity index (χ3v) is 3.55. The second-order valence-electron chi connectivity index (χ2n) is 6.93. The third kappa shape index (κ3) is 5.83. The highest BCUT2D eigenvalue weighted by Crippen LogP contribution is 2.31. The maximum Gasteiger partial charge on any atom is 0.407 e. The Morgan fingerprint density at radius 3 is 2.54 bits per heavy atom. The Morgan fingerprint density at radius 1 is 1.21 bits per heavy atom. The highest BCUT2D eigenvalue weighted by Gasteiger charge is 2.17. The monoisotopic (exact) mass is 391 g/mol. The van der Waals surface area contributed by atoms with Gasteiger partial charge < -0.3 is 20.1 Å². The Hall–Kier alpha value is -3.36. The van der Waals surface area contributed by atoms with Crippen LogP contribution in [0.25, 0.3) is 0 Å². The molecule has 0 aliphatic rings. The predicted octanol–water partition coefficient (Wildman–Crippen LogP) is 4.51. The van der Waals surface area contributed by atoms with Crippen molar-refractivity contribution >= 4 is 23.2 Å². The molecule has 2 aromatic rings. The van der Waals surface area contributed by atoms with Crippen LogP contribution in [0.5, 0.6) is 5.75 Å². The number of nitrogens with zero attached hydrogens (tertiary/aromatic N) is 1. The number of nitro groups is 1. The number of amides is 1. The fourth-order valence-electron chi connectivity index (χ4n) is 2.33. The van der Waals surface area contributed by atoms with Crippen molar-refractivity contribution in [3.05, 3.63) is 57.9 Å². The normalized spacial score (nSPS) is 10.9. The molecule has 0 aliphatic carbocycles. The van der Waals surface area contributed by atoms with Crippen molar-refractivity contribution in [1.29, 1.82) is 0 Å². The topological polar surface area (TPSA) is 103 Å². The van der Waals surface area contributed by atoms with Gasteiger partial charge >= 0.3 is 6.09 Å². The number of nitro benzene ring substituents is 1. The number of ether oxygens (including phenoxy) is 2. The number of hydrogen-bond acceptors (Lipinski definition) is 6. The summed E-state index contributed by atoms with van der Waals surface area (Å²) in [6.07, 6.45) is -0.673. The Bertz CT molecular complexity index is 880. The minimum atomic E-state index is -0.673. The lowest BCUT2D eigenvalue weighted by molar-refractivity contribution is -0.383. The lowest BCUT2D eigenvalue weighted by Crippen LogP contribution is -2.32. The van der Waals surface area contributed by atoms with Gasteiger partial charge in [0.1, 0.15) is 22.9 Å². The van der Waals surface area contributed by atoms with Crippen LogP contribution in [0.15, 0.2) is 36.4 Å². The lowest BCUT2D eigenvalue weighted by atomic mass is 10.1. The first-order valence-corrected chi connectivity index (χ1v) is 8.44. The molecule has 150 valence electrons. The zero-order chi connectivity index (χ0) is 20.9. The van der Waals surface area contributed by atoms with Gasteiger partial charge in [-0.1, -0.05) is 0 Å². The van der Waals surface area contributed by atoms with E-state index in [0.717, 1.165) is 0 Å². The zero-order valence-corrected chi connectivity index (χ0v) is 16.0. The van der Waals surface area contributed by atoms with Gasteiger partial charge in [0.25, 0.3) is 5.69 Å². The second-order valence-corrected chi connectivity index (χ2v) is 6.93. The SMILES string of the molecule is COc1ccc([N+](=O)[O-])c(Nc2ccc(F)c(CNC(=O)OC(C)(C)C)c2)c1. The number of rotatable bonds is 6. The van der Waals surface area contributed by atoms with E-state index in [1.54, 1.807) is 20.8 Å². The summed E-state index contributed by atoms with van der Waals surface area (Å²) in [5, 5.41) is 16.6. The number of nitrogens with one attached hydrogen (secondary N) is 2. The standard InChI is InChI=1S/C19H22FN3O5/c1-19(2,3)28-18(24)21-11-12-9-13(5-7-15(12)20)22-16-10-14(27-4)6-8-17(16)23(25)26/h5-10,22H,11H2,1-4H3,(H,21,24). The molecule has 0 atom stereocenters. The van der Waals surface area contributed by atoms with Crippen LogP contribution >= 0.6 is 0 Å². The summed E-state index contributed by atoms with van der Waals surface area (Å²) < 4.78 is 24.3. The largest absolute Gasteiger partial charge is 0.497 e. The van der Waals surface area contributed by atoms with Gasteiger partial charge in [0.15, 0.2) is 0 Å². The van der Waals surface area contributed by atoms with E-state index in [9.17, 15) is 19.3 Å². The Morgan fingerprint density at radius 2 is 1.93 bits per heavy atom. The molecule has 8 nitrogen and oxygen atoms in total. The van der Waals surface area contributed by atoms with Crippen LogP contribution in [0.4, 0.5) is 26.2 Å². The van der Waals surface area contributed by atoms with E-state index in [1.165, 1.54) is 43.5 Å². The van der Waals surface area contributed by atoms with Crippen molar-refractivity contribution < 1.29 is 23.6 Å². The van der Waals surface area contributed by atoms with Gasteiger partial charge in [-0.3, -0.25) is 10.1 Å². The van der Waals surface area contributed by atoms with Gasteiger partial charge in [-0.2, -0.15) is 0 Å². The molecular formula is C19H22FN3O5. The fraction of sp³-hybridized carbons (Fsp3) is 0.316. The van der Waals surface area contributed by atoms with Crippen LogP contribution in [0.1, 0.15) is 26.3 Å². The maximum atomic E-state index is 14.1. The van der Waals surface area contributed by atoms with Gasteiger partial charge in [0, 0.05) is 29.9 Å². The van der Waals surface area contributed by atoms with Gasteiger partial charge in [0.2, 0.25) is 0 Å². The summed E-state index contributed by atoms with van der Waals surface area (Å²) >= 11 is 0. The van der Waals surface area contributed by atoms with Crippen LogP contribution in [-0.4, -0.2) is 23.7 Å². The first-order valence-electron chi connectivity index (χ1n) is 8.44. The number of halogens is 1. The smallest absolute Gasteiger partial charge is 0.407 e. The second kappa shape index (κ2) is 8.55. The summed E-state index contributed by atoms with van der Waals surface area (Å²) in [5.74, 6) is -0.0937. The van der Waals surface area contributed by atoms with E-state index in [0.29, 0.717) is 11.4 Å². The molecule has 0 saturated carbocycles. The van der Waals surface area contributed by atoms with E-state index >= 15 is 0 Å². The van der Waals surface area contributed by atoms with Gasteiger partial charge in [0.05, 0.1) is 12.0 Å². The highest BCUT2D eigenvalue weighted by molar-refractivity contribution is 5.72. The molecule has 2 N–H and O–H groups in total. The zero-order valence-electron chi connectivity index (χ0n) is 16.0. The van der Waals surface area contributed by atoms with E-state index in [-0.39, 0.29) is 23.5 Å². The average Bonchev–Trinajstić information content (AvgIpc) is 2.60. The first kappa shape index (κ1) is 20.9. The molecule has 1 amide bonds. The number of hydrogen-bond donors (Lipinski definition) is 2.